The van der Waals surface area contributed by atoms with Crippen LogP contribution in [-0.4, -0.2) is 6.29 Å². The number of carbonyl (C=O) groups excluding carboxylic acids is 1. The summed E-state index contributed by atoms with van der Waals surface area (Å²) in [6, 6.07) is 0. The van der Waals surface area contributed by atoms with Crippen molar-refractivity contribution in [2.45, 2.75) is 40.0 Å². The Morgan fingerprint density at radius 1 is 1.57 bits per heavy atom. The van der Waals surface area contributed by atoms with Gasteiger partial charge in [0.25, 0.3) is 0 Å². The van der Waals surface area contributed by atoms with Crippen LogP contribution in [0.25, 0.3) is 0 Å². The van der Waals surface area contributed by atoms with E-state index in [9.17, 15) is 4.79 Å². The average Bonchev–Trinajstić information content (AvgIpc) is 2.09. The molecule has 0 saturated heterocycles. The van der Waals surface area contributed by atoms with Gasteiger partial charge >= 0.3 is 0 Å². The molecule has 0 saturated carbocycles. The molecule has 1 atom stereocenters. The van der Waals surface area contributed by atoms with Crippen molar-refractivity contribution in [1.29, 1.82) is 0 Å². The molecule has 1 aliphatic rings. The van der Waals surface area contributed by atoms with E-state index in [0.717, 1.165) is 12.7 Å². The van der Waals surface area contributed by atoms with Crippen molar-refractivity contribution in [3.05, 3.63) is 23.8 Å². The Bertz CT molecular complexity index is 258. The maximum Gasteiger partial charge on any atom is 0.142 e. The van der Waals surface area contributed by atoms with Crippen LogP contribution < -0.4 is 0 Å². The summed E-state index contributed by atoms with van der Waals surface area (Å²) in [5.41, 5.74) is 1.86. The van der Waals surface area contributed by atoms with E-state index in [-0.39, 0.29) is 0 Å². The van der Waals surface area contributed by atoms with E-state index in [0.29, 0.717) is 11.3 Å². The van der Waals surface area contributed by atoms with Gasteiger partial charge in [0.15, 0.2) is 0 Å². The van der Waals surface area contributed by atoms with Crippen molar-refractivity contribution in [3.63, 3.8) is 0 Å². The minimum Gasteiger partial charge on any atom is -0.299 e. The van der Waals surface area contributed by atoms with Crippen LogP contribution in [0.4, 0.5) is 0 Å². The Labute approximate surface area is 86.9 Å². The van der Waals surface area contributed by atoms with Crippen molar-refractivity contribution < 1.29 is 4.79 Å². The summed E-state index contributed by atoms with van der Waals surface area (Å²) in [5.74, 6) is 0.604. The number of hydrogen-bond acceptors (Lipinski definition) is 1. The first-order valence-electron chi connectivity index (χ1n) is 5.35. The van der Waals surface area contributed by atoms with Crippen LogP contribution in [0.15, 0.2) is 23.8 Å². The van der Waals surface area contributed by atoms with Crippen LogP contribution in [0, 0.1) is 11.3 Å². The summed E-state index contributed by atoms with van der Waals surface area (Å²) in [4.78, 5) is 10.2. The summed E-state index contributed by atoms with van der Waals surface area (Å²) in [5, 5.41) is 0. The summed E-state index contributed by atoms with van der Waals surface area (Å²) in [7, 11) is 0. The third-order valence-corrected chi connectivity index (χ3v) is 3.33. The van der Waals surface area contributed by atoms with Crippen molar-refractivity contribution in [3.8, 4) is 0 Å². The normalized spacial score (nSPS) is 26.2. The molecule has 1 aliphatic carbocycles. The lowest BCUT2D eigenvalue weighted by Gasteiger charge is -2.38. The van der Waals surface area contributed by atoms with Gasteiger partial charge in [-0.1, -0.05) is 31.6 Å². The Morgan fingerprint density at radius 3 is 2.86 bits per heavy atom. The zero-order valence-corrected chi connectivity index (χ0v) is 9.42. The van der Waals surface area contributed by atoms with Gasteiger partial charge in [0, 0.05) is 0 Å². The largest absolute Gasteiger partial charge is 0.299 e. The van der Waals surface area contributed by atoms with Crippen LogP contribution in [-0.2, 0) is 4.79 Å². The van der Waals surface area contributed by atoms with E-state index in [1.54, 1.807) is 6.08 Å². The molecule has 0 aromatic rings. The van der Waals surface area contributed by atoms with Gasteiger partial charge in [-0.15, -0.1) is 0 Å². The first kappa shape index (κ1) is 11.2. The number of hydrogen-bond donors (Lipinski definition) is 0. The summed E-state index contributed by atoms with van der Waals surface area (Å²) < 4.78 is 0. The van der Waals surface area contributed by atoms with Gasteiger partial charge < -0.3 is 0 Å². The van der Waals surface area contributed by atoms with Crippen molar-refractivity contribution in [1.82, 2.24) is 0 Å². The third kappa shape index (κ3) is 2.57. The van der Waals surface area contributed by atoms with Gasteiger partial charge in [-0.3, -0.25) is 4.79 Å². The molecule has 0 heterocycles. The molecule has 1 rings (SSSR count). The van der Waals surface area contributed by atoms with Crippen LogP contribution in [0.5, 0.6) is 0 Å². The van der Waals surface area contributed by atoms with Crippen LogP contribution >= 0.6 is 0 Å². The maximum atomic E-state index is 10.2. The molecule has 0 aromatic heterocycles. The summed E-state index contributed by atoms with van der Waals surface area (Å²) in [6.45, 7) is 6.85. The topological polar surface area (TPSA) is 17.1 Å². The quantitative estimate of drug-likeness (QED) is 0.380. The second-order valence-electron chi connectivity index (χ2n) is 4.83. The van der Waals surface area contributed by atoms with Crippen molar-refractivity contribution in [2.24, 2.45) is 11.3 Å². The van der Waals surface area contributed by atoms with Gasteiger partial charge in [0.1, 0.15) is 6.29 Å². The average molecular weight is 192 g/mol. The zero-order chi connectivity index (χ0) is 10.6. The van der Waals surface area contributed by atoms with E-state index in [4.69, 9.17) is 0 Å². The first-order valence-corrected chi connectivity index (χ1v) is 5.35. The predicted octanol–water partition coefficient (Wildman–Crippen LogP) is 3.51. The lowest BCUT2D eigenvalue weighted by molar-refractivity contribution is -0.104. The van der Waals surface area contributed by atoms with E-state index in [2.05, 4.69) is 26.8 Å². The van der Waals surface area contributed by atoms with E-state index >= 15 is 0 Å². The molecule has 0 spiro atoms. The lowest BCUT2D eigenvalue weighted by Crippen LogP contribution is -2.27. The predicted molar refractivity (Wildman–Crippen MR) is 60.1 cm³/mol. The van der Waals surface area contributed by atoms with Crippen LogP contribution in [0.1, 0.15) is 40.0 Å². The SMILES string of the molecule is CC1=CCCC(C)(C)C1C/C=C\C=O. The molecule has 0 aromatic carbocycles. The Balaban J connectivity index is 2.70. The molecular weight excluding hydrogens is 172 g/mol. The fourth-order valence-electron chi connectivity index (χ4n) is 2.38. The molecule has 0 amide bonds. The van der Waals surface area contributed by atoms with E-state index in [1.165, 1.54) is 18.4 Å². The van der Waals surface area contributed by atoms with Crippen LogP contribution in [0.3, 0.4) is 0 Å². The number of rotatable bonds is 3. The van der Waals surface area contributed by atoms with Gasteiger partial charge in [-0.05, 0) is 43.6 Å². The summed E-state index contributed by atoms with van der Waals surface area (Å²) in [6.07, 6.45) is 10.2. The standard InChI is InChI=1S/C13H20O/c1-11-7-6-9-13(2,3)12(11)8-4-5-10-14/h4-5,7,10,12H,6,8-9H2,1-3H3/b5-4-. The molecule has 0 bridgehead atoms. The van der Waals surface area contributed by atoms with Gasteiger partial charge in [-0.2, -0.15) is 0 Å². The second-order valence-corrected chi connectivity index (χ2v) is 4.83. The zero-order valence-electron chi connectivity index (χ0n) is 9.42. The monoisotopic (exact) mass is 192 g/mol. The molecule has 0 fully saturated rings. The summed E-state index contributed by atoms with van der Waals surface area (Å²) >= 11 is 0. The smallest absolute Gasteiger partial charge is 0.142 e. The fraction of sp³-hybridized carbons (Fsp3) is 0.615. The molecule has 78 valence electrons. The van der Waals surface area contributed by atoms with Crippen molar-refractivity contribution >= 4 is 6.29 Å². The van der Waals surface area contributed by atoms with Crippen LogP contribution in [0.2, 0.25) is 0 Å². The minimum absolute atomic E-state index is 0.381. The molecule has 14 heavy (non-hydrogen) atoms. The van der Waals surface area contributed by atoms with E-state index in [1.807, 2.05) is 6.08 Å². The van der Waals surface area contributed by atoms with Crippen molar-refractivity contribution in [2.75, 3.05) is 0 Å². The highest BCUT2D eigenvalue weighted by atomic mass is 16.1. The third-order valence-electron chi connectivity index (χ3n) is 3.33. The number of aldehydes is 1. The molecular formula is C13H20O. The van der Waals surface area contributed by atoms with Gasteiger partial charge in [0.2, 0.25) is 0 Å². The van der Waals surface area contributed by atoms with E-state index < -0.39 is 0 Å². The molecule has 0 aliphatic heterocycles. The minimum atomic E-state index is 0.381. The number of allylic oxidation sites excluding steroid dienone is 4. The first-order chi connectivity index (χ1) is 6.58. The Kier molecular flexibility index (Phi) is 3.68. The molecule has 0 radical (unpaired) electrons. The highest BCUT2D eigenvalue weighted by Crippen LogP contribution is 2.42. The molecule has 1 nitrogen and oxygen atoms in total. The molecule has 1 unspecified atom stereocenters. The Morgan fingerprint density at radius 2 is 2.29 bits per heavy atom. The molecule has 0 N–H and O–H groups in total. The van der Waals surface area contributed by atoms with Gasteiger partial charge in [-0.25, -0.2) is 0 Å². The Hall–Kier alpha value is -0.850. The highest BCUT2D eigenvalue weighted by Gasteiger charge is 2.31. The van der Waals surface area contributed by atoms with Gasteiger partial charge in [0.05, 0.1) is 0 Å². The lowest BCUT2D eigenvalue weighted by atomic mass is 9.67. The number of carbonyl (C=O) groups is 1. The second kappa shape index (κ2) is 4.59. The fourth-order valence-corrected chi connectivity index (χ4v) is 2.38. The molecule has 1 heteroatoms. The highest BCUT2D eigenvalue weighted by molar-refractivity contribution is 5.64. The maximum absolute atomic E-state index is 10.2.